The lowest BCUT2D eigenvalue weighted by Gasteiger charge is -2.10. The molecule has 118 valence electrons. The first kappa shape index (κ1) is 14.5. The second kappa shape index (κ2) is 5.86. The summed E-state index contributed by atoms with van der Waals surface area (Å²) in [7, 11) is 0. The smallest absolute Gasteiger partial charge is 0.336 e. The molecule has 0 fully saturated rings. The van der Waals surface area contributed by atoms with Crippen LogP contribution in [0.15, 0.2) is 51.7 Å². The number of nitrogens with zero attached hydrogens (tertiary/aromatic N) is 1. The molecule has 4 nitrogen and oxygen atoms in total. The standard InChI is InChI=1S/C20H15NO3/c21-11-15-4-1-2-7-18(15)23-12-16-10-20(22)24-19-9-14-6-3-5-13(14)8-17(16)19/h1-2,4,7-10H,3,5-6,12H2. The normalized spacial score (nSPS) is 12.8. The van der Waals surface area contributed by atoms with Gasteiger partial charge in [-0.1, -0.05) is 12.1 Å². The van der Waals surface area contributed by atoms with E-state index in [4.69, 9.17) is 14.4 Å². The molecule has 0 unspecified atom stereocenters. The van der Waals surface area contributed by atoms with Gasteiger partial charge in [0.25, 0.3) is 0 Å². The lowest BCUT2D eigenvalue weighted by atomic mass is 10.0. The molecule has 2 aromatic carbocycles. The van der Waals surface area contributed by atoms with E-state index in [1.165, 1.54) is 17.2 Å². The molecule has 1 aromatic heterocycles. The van der Waals surface area contributed by atoms with Gasteiger partial charge in [-0.05, 0) is 54.7 Å². The number of hydrogen-bond donors (Lipinski definition) is 0. The highest BCUT2D eigenvalue weighted by Crippen LogP contribution is 2.29. The lowest BCUT2D eigenvalue weighted by molar-refractivity contribution is 0.305. The van der Waals surface area contributed by atoms with E-state index in [1.54, 1.807) is 18.2 Å². The fourth-order valence-corrected chi connectivity index (χ4v) is 3.25. The minimum Gasteiger partial charge on any atom is -0.487 e. The summed E-state index contributed by atoms with van der Waals surface area (Å²) in [4.78, 5) is 11.9. The molecule has 0 saturated heterocycles. The monoisotopic (exact) mass is 317 g/mol. The maximum Gasteiger partial charge on any atom is 0.336 e. The van der Waals surface area contributed by atoms with Gasteiger partial charge in [-0.3, -0.25) is 0 Å². The van der Waals surface area contributed by atoms with Gasteiger partial charge >= 0.3 is 5.63 Å². The maximum atomic E-state index is 11.9. The van der Waals surface area contributed by atoms with Crippen molar-refractivity contribution < 1.29 is 9.15 Å². The molecular formula is C20H15NO3. The first-order valence-electron chi connectivity index (χ1n) is 7.95. The molecular weight excluding hydrogens is 302 g/mol. The quantitative estimate of drug-likeness (QED) is 0.690. The number of benzene rings is 2. The second-order valence-corrected chi connectivity index (χ2v) is 5.96. The molecule has 0 N–H and O–H groups in total. The van der Waals surface area contributed by atoms with E-state index in [2.05, 4.69) is 12.1 Å². The highest BCUT2D eigenvalue weighted by atomic mass is 16.5. The van der Waals surface area contributed by atoms with Crippen LogP contribution in [0.2, 0.25) is 0 Å². The molecule has 24 heavy (non-hydrogen) atoms. The third-order valence-electron chi connectivity index (χ3n) is 4.43. The van der Waals surface area contributed by atoms with Crippen molar-refractivity contribution in [2.45, 2.75) is 25.9 Å². The van der Waals surface area contributed by atoms with Crippen molar-refractivity contribution in [2.24, 2.45) is 0 Å². The van der Waals surface area contributed by atoms with Crippen LogP contribution in [0.4, 0.5) is 0 Å². The molecule has 0 radical (unpaired) electrons. The number of rotatable bonds is 3. The van der Waals surface area contributed by atoms with Crippen molar-refractivity contribution in [3.63, 3.8) is 0 Å². The summed E-state index contributed by atoms with van der Waals surface area (Å²) in [5.74, 6) is 0.516. The maximum absolute atomic E-state index is 11.9. The molecule has 0 aliphatic heterocycles. The topological polar surface area (TPSA) is 63.2 Å². The molecule has 1 aliphatic carbocycles. The third-order valence-corrected chi connectivity index (χ3v) is 4.43. The lowest BCUT2D eigenvalue weighted by Crippen LogP contribution is -2.05. The van der Waals surface area contributed by atoms with Crippen LogP contribution >= 0.6 is 0 Å². The summed E-state index contributed by atoms with van der Waals surface area (Å²) < 4.78 is 11.2. The van der Waals surface area contributed by atoms with Gasteiger partial charge in [0.2, 0.25) is 0 Å². The third kappa shape index (κ3) is 2.55. The number of hydrogen-bond acceptors (Lipinski definition) is 4. The van der Waals surface area contributed by atoms with E-state index >= 15 is 0 Å². The SMILES string of the molecule is N#Cc1ccccc1OCc1cc(=O)oc2cc3c(cc12)CCC3. The Hall–Kier alpha value is -3.06. The van der Waals surface area contributed by atoms with E-state index in [9.17, 15) is 4.79 Å². The van der Waals surface area contributed by atoms with Crippen molar-refractivity contribution in [1.82, 2.24) is 0 Å². The summed E-state index contributed by atoms with van der Waals surface area (Å²) in [6.45, 7) is 0.222. The van der Waals surface area contributed by atoms with Gasteiger partial charge < -0.3 is 9.15 Å². The minimum atomic E-state index is -0.382. The highest BCUT2D eigenvalue weighted by Gasteiger charge is 2.15. The molecule has 0 saturated carbocycles. The number of aryl methyl sites for hydroxylation is 2. The average Bonchev–Trinajstić information content (AvgIpc) is 3.05. The number of para-hydroxylation sites is 1. The van der Waals surface area contributed by atoms with Crippen LogP contribution in [-0.4, -0.2) is 0 Å². The van der Waals surface area contributed by atoms with Gasteiger partial charge in [-0.25, -0.2) is 4.79 Å². The van der Waals surface area contributed by atoms with E-state index in [0.29, 0.717) is 16.9 Å². The van der Waals surface area contributed by atoms with Crippen LogP contribution in [0.25, 0.3) is 11.0 Å². The fraction of sp³-hybridized carbons (Fsp3) is 0.200. The van der Waals surface area contributed by atoms with Crippen LogP contribution in [0.1, 0.15) is 28.7 Å². The fourth-order valence-electron chi connectivity index (χ4n) is 3.25. The molecule has 0 amide bonds. The van der Waals surface area contributed by atoms with Crippen LogP contribution in [0, 0.1) is 11.3 Å². The Morgan fingerprint density at radius 1 is 1.12 bits per heavy atom. The highest BCUT2D eigenvalue weighted by molar-refractivity contribution is 5.82. The zero-order chi connectivity index (χ0) is 16.5. The Kier molecular flexibility index (Phi) is 3.55. The van der Waals surface area contributed by atoms with Crippen molar-refractivity contribution in [3.05, 3.63) is 75.1 Å². The van der Waals surface area contributed by atoms with Crippen LogP contribution in [0.5, 0.6) is 5.75 Å². The van der Waals surface area contributed by atoms with Crippen molar-refractivity contribution in [3.8, 4) is 11.8 Å². The number of nitriles is 1. The van der Waals surface area contributed by atoms with Crippen LogP contribution in [0.3, 0.4) is 0 Å². The molecule has 1 aliphatic rings. The molecule has 3 aromatic rings. The van der Waals surface area contributed by atoms with Crippen LogP contribution in [-0.2, 0) is 19.4 Å². The summed E-state index contributed by atoms with van der Waals surface area (Å²) >= 11 is 0. The Morgan fingerprint density at radius 2 is 1.92 bits per heavy atom. The molecule has 0 spiro atoms. The van der Waals surface area contributed by atoms with Gasteiger partial charge in [-0.15, -0.1) is 0 Å². The Morgan fingerprint density at radius 3 is 2.75 bits per heavy atom. The van der Waals surface area contributed by atoms with Crippen molar-refractivity contribution >= 4 is 11.0 Å². The van der Waals surface area contributed by atoms with E-state index < -0.39 is 0 Å². The van der Waals surface area contributed by atoms with Gasteiger partial charge in [0, 0.05) is 17.0 Å². The van der Waals surface area contributed by atoms with E-state index in [-0.39, 0.29) is 12.2 Å². The summed E-state index contributed by atoms with van der Waals surface area (Å²) in [5.41, 5.74) is 4.06. The summed E-state index contributed by atoms with van der Waals surface area (Å²) in [6.07, 6.45) is 3.23. The molecule has 1 heterocycles. The van der Waals surface area contributed by atoms with Crippen LogP contribution < -0.4 is 10.4 Å². The van der Waals surface area contributed by atoms with E-state index in [1.807, 2.05) is 12.1 Å². The van der Waals surface area contributed by atoms with Gasteiger partial charge in [0.05, 0.1) is 5.56 Å². The molecule has 4 rings (SSSR count). The Labute approximate surface area is 138 Å². The second-order valence-electron chi connectivity index (χ2n) is 5.96. The minimum absolute atomic E-state index is 0.222. The van der Waals surface area contributed by atoms with Crippen molar-refractivity contribution in [1.29, 1.82) is 5.26 Å². The summed E-state index contributed by atoms with van der Waals surface area (Å²) in [5, 5.41) is 10.0. The first-order valence-corrected chi connectivity index (χ1v) is 7.95. The largest absolute Gasteiger partial charge is 0.487 e. The van der Waals surface area contributed by atoms with Gasteiger partial charge in [0.15, 0.2) is 0 Å². The van der Waals surface area contributed by atoms with Gasteiger partial charge in [-0.2, -0.15) is 5.26 Å². The Bertz CT molecular complexity index is 1030. The molecule has 4 heteroatoms. The molecule has 0 bridgehead atoms. The zero-order valence-electron chi connectivity index (χ0n) is 13.0. The van der Waals surface area contributed by atoms with Gasteiger partial charge in [0.1, 0.15) is 24.0 Å². The number of fused-ring (bicyclic) bond motifs is 2. The number of ether oxygens (including phenoxy) is 1. The van der Waals surface area contributed by atoms with E-state index in [0.717, 1.165) is 30.2 Å². The predicted molar refractivity (Wildman–Crippen MR) is 90.0 cm³/mol. The average molecular weight is 317 g/mol. The zero-order valence-corrected chi connectivity index (χ0v) is 13.0. The first-order chi connectivity index (χ1) is 11.7. The van der Waals surface area contributed by atoms with Crippen molar-refractivity contribution in [2.75, 3.05) is 0 Å². The Balaban J connectivity index is 1.74. The summed E-state index contributed by atoms with van der Waals surface area (Å²) in [6, 6.07) is 14.7. The molecule has 0 atom stereocenters. The predicted octanol–water partition coefficient (Wildman–Crippen LogP) is 3.73.